The molecule has 1 aliphatic heterocycles. The molecule has 0 spiro atoms. The van der Waals surface area contributed by atoms with Gasteiger partial charge in [-0.2, -0.15) is 4.98 Å². The standard InChI is InChI=1S/C9H17N4O12P3/c10-5-3-8(13-2-1-7(11)12-9(13)14)23-6(5)4-22-27(18,19)25-28(20,21)24-26(15,16)17/h1-2,5-6,8H,3-4,10H2,(H,18,19)(H,20,21)(H2,11,12,14)(H2,15,16,17)/p-4. The first-order valence-corrected chi connectivity index (χ1v) is 11.5. The number of aromatic nitrogens is 2. The van der Waals surface area contributed by atoms with Crippen molar-refractivity contribution in [1.82, 2.24) is 9.55 Å². The number of ether oxygens (including phenoxy) is 1. The smallest absolute Gasteiger partial charge is 0.351 e. The minimum absolute atomic E-state index is 0.0298. The molecule has 160 valence electrons. The summed E-state index contributed by atoms with van der Waals surface area (Å²) in [7, 11) is -17.8. The van der Waals surface area contributed by atoms with Crippen LogP contribution in [-0.2, 0) is 31.6 Å². The summed E-state index contributed by atoms with van der Waals surface area (Å²) in [6.45, 7) is -0.845. The number of nitrogens with zero attached hydrogens (tertiary/aromatic N) is 2. The minimum Gasteiger partial charge on any atom is -0.790 e. The van der Waals surface area contributed by atoms with E-state index in [4.69, 9.17) is 16.2 Å². The van der Waals surface area contributed by atoms with E-state index in [2.05, 4.69) is 18.1 Å². The van der Waals surface area contributed by atoms with Crippen LogP contribution >= 0.6 is 23.5 Å². The maximum absolute atomic E-state index is 11.8. The van der Waals surface area contributed by atoms with Crippen LogP contribution in [0.3, 0.4) is 0 Å². The van der Waals surface area contributed by atoms with Crippen LogP contribution in [-0.4, -0.2) is 28.3 Å². The number of hydrogen-bond donors (Lipinski definition) is 2. The molecule has 19 heteroatoms. The fraction of sp³-hybridized carbons (Fsp3) is 0.556. The Kier molecular flexibility index (Phi) is 6.99. The van der Waals surface area contributed by atoms with E-state index in [1.807, 2.05) is 0 Å². The van der Waals surface area contributed by atoms with Gasteiger partial charge in [0, 0.05) is 18.7 Å². The van der Waals surface area contributed by atoms with Crippen LogP contribution in [0.5, 0.6) is 0 Å². The average molecular weight is 462 g/mol. The van der Waals surface area contributed by atoms with Crippen LogP contribution < -0.4 is 36.7 Å². The lowest BCUT2D eigenvalue weighted by atomic mass is 10.1. The first-order chi connectivity index (χ1) is 12.7. The molecular formula is C9H13N4O12P3-4. The zero-order valence-corrected chi connectivity index (χ0v) is 16.3. The van der Waals surface area contributed by atoms with Gasteiger partial charge >= 0.3 is 5.69 Å². The quantitative estimate of drug-likeness (QED) is 0.351. The van der Waals surface area contributed by atoms with E-state index < -0.39 is 54.1 Å². The summed E-state index contributed by atoms with van der Waals surface area (Å²) in [5, 5.41) is 0. The maximum atomic E-state index is 11.8. The molecule has 4 N–H and O–H groups in total. The third-order valence-corrected chi connectivity index (χ3v) is 6.91. The van der Waals surface area contributed by atoms with Crippen molar-refractivity contribution in [2.24, 2.45) is 5.73 Å². The monoisotopic (exact) mass is 462 g/mol. The van der Waals surface area contributed by atoms with Gasteiger partial charge in [-0.05, 0) is 6.07 Å². The molecular weight excluding hydrogens is 449 g/mol. The fourth-order valence-electron chi connectivity index (χ4n) is 2.18. The first kappa shape index (κ1) is 23.3. The number of anilines is 1. The Morgan fingerprint density at radius 3 is 2.43 bits per heavy atom. The number of nitrogens with two attached hydrogens (primary N) is 2. The predicted octanol–water partition coefficient (Wildman–Crippen LogP) is -3.74. The summed E-state index contributed by atoms with van der Waals surface area (Å²) in [4.78, 5) is 58.3. The third kappa shape index (κ3) is 6.81. The average Bonchev–Trinajstić information content (AvgIpc) is 2.82. The molecule has 0 radical (unpaired) electrons. The highest BCUT2D eigenvalue weighted by atomic mass is 31.3. The van der Waals surface area contributed by atoms with Crippen LogP contribution in [0, 0.1) is 0 Å². The summed E-state index contributed by atoms with van der Waals surface area (Å²) < 4.78 is 50.0. The molecule has 16 nitrogen and oxygen atoms in total. The van der Waals surface area contributed by atoms with Crippen molar-refractivity contribution in [3.8, 4) is 0 Å². The molecule has 0 amide bonds. The molecule has 2 rings (SSSR count). The van der Waals surface area contributed by atoms with E-state index in [-0.39, 0.29) is 12.2 Å². The maximum Gasteiger partial charge on any atom is 0.351 e. The minimum atomic E-state index is -6.08. The van der Waals surface area contributed by atoms with Gasteiger partial charge in [0.15, 0.2) is 0 Å². The number of nitrogen functional groups attached to an aromatic ring is 1. The van der Waals surface area contributed by atoms with Gasteiger partial charge in [-0.25, -0.2) is 9.11 Å². The van der Waals surface area contributed by atoms with Crippen LogP contribution in [0.1, 0.15) is 12.6 Å². The summed E-state index contributed by atoms with van der Waals surface area (Å²) in [6, 6.07) is 0.476. The van der Waals surface area contributed by atoms with Gasteiger partial charge in [-0.1, -0.05) is 0 Å². The number of phosphoric ester groups is 1. The molecule has 1 fully saturated rings. The second-order valence-corrected chi connectivity index (χ2v) is 9.62. The fourth-order valence-corrected chi connectivity index (χ4v) is 5.04. The van der Waals surface area contributed by atoms with Crippen molar-refractivity contribution < 1.29 is 51.2 Å². The number of phosphoric acid groups is 3. The molecule has 1 aromatic heterocycles. The van der Waals surface area contributed by atoms with Gasteiger partial charge in [0.2, 0.25) is 0 Å². The Morgan fingerprint density at radius 2 is 1.86 bits per heavy atom. The predicted molar refractivity (Wildman–Crippen MR) is 80.4 cm³/mol. The molecule has 2 heterocycles. The van der Waals surface area contributed by atoms with E-state index in [0.717, 1.165) is 4.57 Å². The Hall–Kier alpha value is -0.990. The molecule has 5 atom stereocenters. The summed E-state index contributed by atoms with van der Waals surface area (Å²) in [5.74, 6) is -0.0298. The molecule has 0 aliphatic carbocycles. The van der Waals surface area contributed by atoms with Gasteiger partial charge in [-0.15, -0.1) is 0 Å². The lowest BCUT2D eigenvalue weighted by Gasteiger charge is -2.37. The molecule has 5 unspecified atom stereocenters. The summed E-state index contributed by atoms with van der Waals surface area (Å²) >= 11 is 0. The lowest BCUT2D eigenvalue weighted by Crippen LogP contribution is -2.34. The van der Waals surface area contributed by atoms with E-state index in [0.29, 0.717) is 0 Å². The highest BCUT2D eigenvalue weighted by Crippen LogP contribution is 2.60. The Bertz CT molecular complexity index is 916. The first-order valence-electron chi connectivity index (χ1n) is 7.14. The van der Waals surface area contributed by atoms with Crippen molar-refractivity contribution in [1.29, 1.82) is 0 Å². The Labute approximate surface area is 156 Å². The van der Waals surface area contributed by atoms with Crippen molar-refractivity contribution in [2.45, 2.75) is 24.8 Å². The van der Waals surface area contributed by atoms with E-state index >= 15 is 0 Å². The van der Waals surface area contributed by atoms with Crippen molar-refractivity contribution in [2.75, 3.05) is 12.3 Å². The largest absolute Gasteiger partial charge is 0.790 e. The van der Waals surface area contributed by atoms with Crippen LogP contribution in [0.4, 0.5) is 5.82 Å². The van der Waals surface area contributed by atoms with Crippen LogP contribution in [0.2, 0.25) is 0 Å². The highest BCUT2D eigenvalue weighted by molar-refractivity contribution is 7.64. The van der Waals surface area contributed by atoms with Gasteiger partial charge in [0.25, 0.3) is 15.6 Å². The van der Waals surface area contributed by atoms with Crippen LogP contribution in [0.25, 0.3) is 0 Å². The Balaban J connectivity index is 1.98. The molecule has 1 aromatic rings. The molecule has 28 heavy (non-hydrogen) atoms. The topological polar surface area (TPSA) is 267 Å². The number of hydrogen-bond acceptors (Lipinski definition) is 15. The van der Waals surface area contributed by atoms with E-state index in [9.17, 15) is 38.1 Å². The van der Waals surface area contributed by atoms with Gasteiger partial charge < -0.3 is 44.9 Å². The molecule has 1 saturated heterocycles. The summed E-state index contributed by atoms with van der Waals surface area (Å²) in [6.07, 6.45) is -0.737. The van der Waals surface area contributed by atoms with Gasteiger partial charge in [0.1, 0.15) is 12.0 Å². The Morgan fingerprint density at radius 1 is 1.21 bits per heavy atom. The second-order valence-electron chi connectivity index (χ2n) is 5.37. The lowest BCUT2D eigenvalue weighted by molar-refractivity contribution is -0.339. The zero-order chi connectivity index (χ0) is 21.3. The highest BCUT2D eigenvalue weighted by Gasteiger charge is 2.35. The van der Waals surface area contributed by atoms with E-state index in [1.54, 1.807) is 0 Å². The molecule has 0 saturated carbocycles. The molecule has 0 bridgehead atoms. The second kappa shape index (κ2) is 8.40. The summed E-state index contributed by atoms with van der Waals surface area (Å²) in [5.41, 5.74) is 10.4. The SMILES string of the molecule is Nc1ccn(C2CC(N)C(COP(=O)([O-])OP(=O)([O-])OP(=O)([O-])[O-])O2)c(=O)n1. The van der Waals surface area contributed by atoms with Crippen molar-refractivity contribution in [3.05, 3.63) is 22.7 Å². The van der Waals surface area contributed by atoms with Gasteiger partial charge in [0.05, 0.1) is 20.5 Å². The third-order valence-electron chi connectivity index (χ3n) is 3.24. The molecule has 0 aromatic carbocycles. The number of rotatable bonds is 8. The zero-order valence-electron chi connectivity index (χ0n) is 13.6. The normalized spacial score (nSPS) is 27.2. The van der Waals surface area contributed by atoms with Crippen LogP contribution in [0.15, 0.2) is 17.1 Å². The van der Waals surface area contributed by atoms with E-state index in [1.165, 1.54) is 12.3 Å². The van der Waals surface area contributed by atoms with Gasteiger partial charge in [-0.3, -0.25) is 18.0 Å². The van der Waals surface area contributed by atoms with Crippen molar-refractivity contribution in [3.63, 3.8) is 0 Å². The van der Waals surface area contributed by atoms with Crippen molar-refractivity contribution >= 4 is 29.3 Å². The molecule has 1 aliphatic rings.